The number of hydrogen-bond acceptors (Lipinski definition) is 2. The third-order valence-electron chi connectivity index (χ3n) is 3.53. The van der Waals surface area contributed by atoms with Crippen molar-refractivity contribution in [1.29, 1.82) is 0 Å². The zero-order valence-electron chi connectivity index (χ0n) is 13.2. The normalized spacial score (nSPS) is 11.8. The predicted octanol–water partition coefficient (Wildman–Crippen LogP) is 3.13. The summed E-state index contributed by atoms with van der Waals surface area (Å²) >= 11 is 0. The summed E-state index contributed by atoms with van der Waals surface area (Å²) in [6.45, 7) is 7.87. The fourth-order valence-corrected chi connectivity index (χ4v) is 2.16. The Kier molecular flexibility index (Phi) is 6.21. The molecule has 0 aliphatic rings. The lowest BCUT2D eigenvalue weighted by Crippen LogP contribution is -2.49. The Bertz CT molecular complexity index is 502. The molecule has 0 radical (unpaired) electrons. The first kappa shape index (κ1) is 17.0. The molecule has 1 rings (SSSR count). The summed E-state index contributed by atoms with van der Waals surface area (Å²) in [5.74, 6) is -0.996. The van der Waals surface area contributed by atoms with Crippen molar-refractivity contribution in [1.82, 2.24) is 4.90 Å². The number of carboxylic acids is 1. The smallest absolute Gasteiger partial charge is 0.325 e. The number of aryl methyl sites for hydroxylation is 1. The lowest BCUT2D eigenvalue weighted by atomic mass is 10.2. The maximum absolute atomic E-state index is 12.7. The molecule has 0 aliphatic heterocycles. The van der Waals surface area contributed by atoms with E-state index in [-0.39, 0.29) is 18.6 Å². The van der Waals surface area contributed by atoms with Gasteiger partial charge >= 0.3 is 12.0 Å². The van der Waals surface area contributed by atoms with Crippen molar-refractivity contribution in [2.75, 3.05) is 18.0 Å². The van der Waals surface area contributed by atoms with E-state index in [1.165, 1.54) is 4.90 Å². The first-order chi connectivity index (χ1) is 9.90. The van der Waals surface area contributed by atoms with Gasteiger partial charge in [-0.1, -0.05) is 19.1 Å². The van der Waals surface area contributed by atoms with Crippen LogP contribution in [0.5, 0.6) is 0 Å². The Balaban J connectivity index is 3.06. The molecule has 1 N–H and O–H groups in total. The molecule has 0 saturated carbocycles. The van der Waals surface area contributed by atoms with E-state index in [9.17, 15) is 9.59 Å². The van der Waals surface area contributed by atoms with Crippen LogP contribution in [-0.2, 0) is 4.79 Å². The number of carbonyl (C=O) groups is 2. The van der Waals surface area contributed by atoms with Gasteiger partial charge in [0.2, 0.25) is 0 Å². The molecule has 1 aromatic carbocycles. The minimum atomic E-state index is -0.996. The Labute approximate surface area is 126 Å². The summed E-state index contributed by atoms with van der Waals surface area (Å²) in [6.07, 6.45) is 0.713. The molecule has 0 bridgehead atoms. The molecular weight excluding hydrogens is 268 g/mol. The number of nitrogens with zero attached hydrogens (tertiary/aromatic N) is 2. The number of amides is 2. The maximum atomic E-state index is 12.7. The summed E-state index contributed by atoms with van der Waals surface area (Å²) in [6, 6.07) is 7.27. The van der Waals surface area contributed by atoms with Crippen LogP contribution in [0, 0.1) is 6.92 Å². The predicted molar refractivity (Wildman–Crippen MR) is 83.7 cm³/mol. The molecule has 1 unspecified atom stereocenters. The highest BCUT2D eigenvalue weighted by Gasteiger charge is 2.26. The highest BCUT2D eigenvalue weighted by Crippen LogP contribution is 2.19. The van der Waals surface area contributed by atoms with Crippen molar-refractivity contribution in [2.24, 2.45) is 0 Å². The highest BCUT2D eigenvalue weighted by molar-refractivity contribution is 5.93. The molecule has 0 heterocycles. The average Bonchev–Trinajstić information content (AvgIpc) is 2.44. The van der Waals surface area contributed by atoms with E-state index in [0.717, 1.165) is 11.3 Å². The van der Waals surface area contributed by atoms with Gasteiger partial charge in [-0.2, -0.15) is 0 Å². The summed E-state index contributed by atoms with van der Waals surface area (Å²) in [5.41, 5.74) is 1.85. The molecule has 0 spiro atoms. The Morgan fingerprint density at radius 1 is 1.29 bits per heavy atom. The SMILES string of the molecule is CCC(C)N(CC(=O)O)C(=O)N(CC)c1cccc(C)c1. The van der Waals surface area contributed by atoms with E-state index < -0.39 is 5.97 Å². The summed E-state index contributed by atoms with van der Waals surface area (Å²) in [5, 5.41) is 9.03. The van der Waals surface area contributed by atoms with Crippen LogP contribution in [-0.4, -0.2) is 41.1 Å². The number of carbonyl (C=O) groups excluding carboxylic acids is 1. The monoisotopic (exact) mass is 292 g/mol. The molecule has 2 amide bonds. The van der Waals surface area contributed by atoms with E-state index in [0.29, 0.717) is 13.0 Å². The van der Waals surface area contributed by atoms with Gasteiger partial charge in [-0.25, -0.2) is 4.79 Å². The molecule has 116 valence electrons. The molecular formula is C16H24N2O3. The third kappa shape index (κ3) is 4.48. The van der Waals surface area contributed by atoms with Crippen molar-refractivity contribution >= 4 is 17.7 Å². The fraction of sp³-hybridized carbons (Fsp3) is 0.500. The lowest BCUT2D eigenvalue weighted by Gasteiger charge is -2.33. The molecule has 1 atom stereocenters. The largest absolute Gasteiger partial charge is 0.480 e. The van der Waals surface area contributed by atoms with Gasteiger partial charge in [0.05, 0.1) is 0 Å². The van der Waals surface area contributed by atoms with Gasteiger partial charge in [-0.15, -0.1) is 0 Å². The molecule has 5 heteroatoms. The molecule has 0 aromatic heterocycles. The minimum Gasteiger partial charge on any atom is -0.480 e. The number of hydrogen-bond donors (Lipinski definition) is 1. The average molecular weight is 292 g/mol. The molecule has 0 saturated heterocycles. The standard InChI is InChI=1S/C16H24N2O3/c1-5-13(4)18(11-15(19)20)16(21)17(6-2)14-9-7-8-12(3)10-14/h7-10,13H,5-6,11H2,1-4H3,(H,19,20). The number of anilines is 1. The molecule has 1 aromatic rings. The van der Waals surface area contributed by atoms with Crippen LogP contribution in [0.15, 0.2) is 24.3 Å². The van der Waals surface area contributed by atoms with Gasteiger partial charge in [0.25, 0.3) is 0 Å². The Hall–Kier alpha value is -2.04. The maximum Gasteiger partial charge on any atom is 0.325 e. The van der Waals surface area contributed by atoms with Crippen molar-refractivity contribution in [3.05, 3.63) is 29.8 Å². The quantitative estimate of drug-likeness (QED) is 0.876. The van der Waals surface area contributed by atoms with E-state index in [1.54, 1.807) is 4.90 Å². The zero-order chi connectivity index (χ0) is 16.0. The molecule has 5 nitrogen and oxygen atoms in total. The number of benzene rings is 1. The van der Waals surface area contributed by atoms with E-state index >= 15 is 0 Å². The summed E-state index contributed by atoms with van der Waals surface area (Å²) in [7, 11) is 0. The number of aliphatic carboxylic acids is 1. The van der Waals surface area contributed by atoms with Crippen LogP contribution in [0.3, 0.4) is 0 Å². The molecule has 21 heavy (non-hydrogen) atoms. The van der Waals surface area contributed by atoms with Crippen LogP contribution in [0.2, 0.25) is 0 Å². The third-order valence-corrected chi connectivity index (χ3v) is 3.53. The summed E-state index contributed by atoms with van der Waals surface area (Å²) in [4.78, 5) is 26.8. The van der Waals surface area contributed by atoms with Crippen molar-refractivity contribution in [2.45, 2.75) is 40.2 Å². The van der Waals surface area contributed by atoms with Crippen LogP contribution >= 0.6 is 0 Å². The second kappa shape index (κ2) is 7.67. The highest BCUT2D eigenvalue weighted by atomic mass is 16.4. The van der Waals surface area contributed by atoms with Gasteiger partial charge in [-0.05, 0) is 44.9 Å². The number of carboxylic acid groups (broad SMARTS) is 1. The van der Waals surface area contributed by atoms with E-state index in [1.807, 2.05) is 52.0 Å². The van der Waals surface area contributed by atoms with Crippen molar-refractivity contribution in [3.63, 3.8) is 0 Å². The van der Waals surface area contributed by atoms with Gasteiger partial charge in [0, 0.05) is 18.3 Å². The van der Waals surface area contributed by atoms with Crippen LogP contribution in [0.1, 0.15) is 32.8 Å². The van der Waals surface area contributed by atoms with Crippen LogP contribution in [0.4, 0.5) is 10.5 Å². The molecule has 0 aliphatic carbocycles. The van der Waals surface area contributed by atoms with Gasteiger partial charge < -0.3 is 10.0 Å². The first-order valence-electron chi connectivity index (χ1n) is 7.27. The zero-order valence-corrected chi connectivity index (χ0v) is 13.2. The number of rotatable bonds is 6. The van der Waals surface area contributed by atoms with Gasteiger partial charge in [-0.3, -0.25) is 9.69 Å². The summed E-state index contributed by atoms with van der Waals surface area (Å²) < 4.78 is 0. The van der Waals surface area contributed by atoms with E-state index in [2.05, 4.69) is 0 Å². The van der Waals surface area contributed by atoms with Gasteiger partial charge in [0.15, 0.2) is 0 Å². The second-order valence-corrected chi connectivity index (χ2v) is 5.14. The van der Waals surface area contributed by atoms with Crippen LogP contribution < -0.4 is 4.90 Å². The molecule has 0 fully saturated rings. The van der Waals surface area contributed by atoms with Crippen LogP contribution in [0.25, 0.3) is 0 Å². The topological polar surface area (TPSA) is 60.9 Å². The van der Waals surface area contributed by atoms with Crippen molar-refractivity contribution < 1.29 is 14.7 Å². The minimum absolute atomic E-state index is 0.118. The van der Waals surface area contributed by atoms with Gasteiger partial charge in [0.1, 0.15) is 6.54 Å². The first-order valence-corrected chi connectivity index (χ1v) is 7.27. The lowest BCUT2D eigenvalue weighted by molar-refractivity contribution is -0.138. The number of urea groups is 1. The Morgan fingerprint density at radius 2 is 1.95 bits per heavy atom. The van der Waals surface area contributed by atoms with E-state index in [4.69, 9.17) is 5.11 Å². The Morgan fingerprint density at radius 3 is 2.43 bits per heavy atom. The fourth-order valence-electron chi connectivity index (χ4n) is 2.16. The second-order valence-electron chi connectivity index (χ2n) is 5.14. The van der Waals surface area contributed by atoms with Crippen molar-refractivity contribution in [3.8, 4) is 0 Å².